The van der Waals surface area contributed by atoms with Crippen LogP contribution in [0.1, 0.15) is 135 Å². The van der Waals surface area contributed by atoms with Crippen LogP contribution >= 0.6 is 0 Å². The second-order valence-electron chi connectivity index (χ2n) is 11.4. The average Bonchev–Trinajstić information content (AvgIpc) is 3.22. The van der Waals surface area contributed by atoms with Crippen molar-refractivity contribution in [3.05, 3.63) is 22.3 Å². The van der Waals surface area contributed by atoms with Gasteiger partial charge in [-0.3, -0.25) is 0 Å². The Morgan fingerprint density at radius 1 is 0.310 bits per heavy atom. The fraction of sp³-hybridized carbons (Fsp3) is 0.862. The second kappa shape index (κ2) is 9.74. The summed E-state index contributed by atoms with van der Waals surface area (Å²) < 4.78 is 0. The molecule has 0 spiro atoms. The zero-order valence-electron chi connectivity index (χ0n) is 19.2. The molecule has 29 heavy (non-hydrogen) atoms. The van der Waals surface area contributed by atoms with Gasteiger partial charge in [0.1, 0.15) is 0 Å². The van der Waals surface area contributed by atoms with Crippen molar-refractivity contribution in [1.82, 2.24) is 0 Å². The van der Waals surface area contributed by atoms with Gasteiger partial charge < -0.3 is 0 Å². The Labute approximate surface area is 181 Å². The third kappa shape index (κ3) is 4.43. The Hall–Kier alpha value is -0.520. The predicted octanol–water partition coefficient (Wildman–Crippen LogP) is 9.30. The molecule has 0 unspecified atom stereocenters. The summed E-state index contributed by atoms with van der Waals surface area (Å²) in [6.07, 6.45) is 31.6. The van der Waals surface area contributed by atoms with E-state index in [0.717, 1.165) is 23.7 Å². The molecule has 0 heterocycles. The maximum absolute atomic E-state index is 2.03. The minimum Gasteiger partial charge on any atom is -0.0593 e. The first-order chi connectivity index (χ1) is 14.4. The molecule has 0 nitrogen and oxygen atoms in total. The van der Waals surface area contributed by atoms with E-state index in [1.165, 1.54) is 135 Å². The Balaban J connectivity index is 1.53. The van der Waals surface area contributed by atoms with Gasteiger partial charge in [-0.05, 0) is 92.6 Å². The minimum absolute atomic E-state index is 0.943. The summed E-state index contributed by atoms with van der Waals surface area (Å²) in [4.78, 5) is 0. The van der Waals surface area contributed by atoms with Crippen LogP contribution < -0.4 is 0 Å². The molecule has 0 aliphatic heterocycles. The highest BCUT2D eigenvalue weighted by Gasteiger charge is 2.39. The summed E-state index contributed by atoms with van der Waals surface area (Å²) in [6.45, 7) is 0. The molecule has 0 aromatic rings. The third-order valence-corrected chi connectivity index (χ3v) is 9.59. The summed E-state index contributed by atoms with van der Waals surface area (Å²) in [6, 6.07) is 0. The number of hydrogen-bond donors (Lipinski definition) is 0. The molecule has 4 fully saturated rings. The molecule has 0 aromatic carbocycles. The molecule has 0 heteroatoms. The SMILES string of the molecule is C1CCC(C2=C(C3CCCCC3)C(C3CCCCC3)=C(C3CCCCC3)C2)CC1. The van der Waals surface area contributed by atoms with Crippen molar-refractivity contribution in [2.24, 2.45) is 23.7 Å². The Kier molecular flexibility index (Phi) is 6.85. The number of rotatable bonds is 4. The Morgan fingerprint density at radius 3 is 0.897 bits per heavy atom. The normalized spacial score (nSPS) is 29.8. The molecule has 4 saturated carbocycles. The van der Waals surface area contributed by atoms with E-state index in [1.54, 1.807) is 0 Å². The molecular formula is C29H46. The van der Waals surface area contributed by atoms with E-state index in [0.29, 0.717) is 0 Å². The molecule has 0 bridgehead atoms. The van der Waals surface area contributed by atoms with E-state index in [1.807, 2.05) is 22.3 Å². The molecule has 5 aliphatic rings. The summed E-state index contributed by atoms with van der Waals surface area (Å²) in [5.41, 5.74) is 8.11. The highest BCUT2D eigenvalue weighted by atomic mass is 14.4. The first-order valence-corrected chi connectivity index (χ1v) is 13.9. The zero-order valence-corrected chi connectivity index (χ0v) is 19.2. The molecular weight excluding hydrogens is 348 g/mol. The van der Waals surface area contributed by atoms with E-state index >= 15 is 0 Å². The number of hydrogen-bond acceptors (Lipinski definition) is 0. The molecule has 0 N–H and O–H groups in total. The van der Waals surface area contributed by atoms with Crippen LogP contribution in [0.15, 0.2) is 22.3 Å². The largest absolute Gasteiger partial charge is 0.0593 e. The van der Waals surface area contributed by atoms with Gasteiger partial charge in [0.25, 0.3) is 0 Å². The fourth-order valence-electron chi connectivity index (χ4n) is 8.12. The van der Waals surface area contributed by atoms with Crippen LogP contribution in [-0.4, -0.2) is 0 Å². The van der Waals surface area contributed by atoms with Crippen LogP contribution in [0.25, 0.3) is 0 Å². The maximum Gasteiger partial charge on any atom is -0.00908 e. The Bertz CT molecular complexity index is 542. The van der Waals surface area contributed by atoms with E-state index in [4.69, 9.17) is 0 Å². The lowest BCUT2D eigenvalue weighted by molar-refractivity contribution is 0.360. The molecule has 0 aromatic heterocycles. The van der Waals surface area contributed by atoms with E-state index < -0.39 is 0 Å². The molecule has 5 aliphatic carbocycles. The smallest absolute Gasteiger partial charge is 0.00908 e. The monoisotopic (exact) mass is 394 g/mol. The average molecular weight is 395 g/mol. The van der Waals surface area contributed by atoms with Crippen LogP contribution in [0.2, 0.25) is 0 Å². The fourth-order valence-corrected chi connectivity index (χ4v) is 8.12. The van der Waals surface area contributed by atoms with Crippen molar-refractivity contribution in [1.29, 1.82) is 0 Å². The lowest BCUT2D eigenvalue weighted by Crippen LogP contribution is -2.20. The third-order valence-electron chi connectivity index (χ3n) is 9.59. The zero-order chi connectivity index (χ0) is 19.5. The van der Waals surface area contributed by atoms with Gasteiger partial charge in [-0.2, -0.15) is 0 Å². The van der Waals surface area contributed by atoms with Gasteiger partial charge >= 0.3 is 0 Å². The second-order valence-corrected chi connectivity index (χ2v) is 11.4. The minimum atomic E-state index is 0.943. The van der Waals surface area contributed by atoms with Crippen molar-refractivity contribution in [3.63, 3.8) is 0 Å². The van der Waals surface area contributed by atoms with Crippen LogP contribution in [0, 0.1) is 23.7 Å². The standard InChI is InChI=1S/C29H46/c1-5-13-22(14-6-1)26-21-27(23-15-7-2-8-16-23)29(25-19-11-4-12-20-25)28(26)24-17-9-3-10-18-24/h22-25H,1-21H2. The summed E-state index contributed by atoms with van der Waals surface area (Å²) in [5.74, 6) is 3.80. The Morgan fingerprint density at radius 2 is 0.586 bits per heavy atom. The van der Waals surface area contributed by atoms with Gasteiger partial charge in [0.05, 0.1) is 0 Å². The van der Waals surface area contributed by atoms with Crippen molar-refractivity contribution >= 4 is 0 Å². The maximum atomic E-state index is 2.03. The van der Waals surface area contributed by atoms with Crippen molar-refractivity contribution in [2.45, 2.75) is 135 Å². The molecule has 0 radical (unpaired) electrons. The van der Waals surface area contributed by atoms with Crippen molar-refractivity contribution < 1.29 is 0 Å². The summed E-state index contributed by atoms with van der Waals surface area (Å²) >= 11 is 0. The van der Waals surface area contributed by atoms with E-state index in [9.17, 15) is 0 Å². The lowest BCUT2D eigenvalue weighted by atomic mass is 9.71. The molecule has 162 valence electrons. The molecule has 0 amide bonds. The van der Waals surface area contributed by atoms with Crippen molar-refractivity contribution in [3.8, 4) is 0 Å². The number of allylic oxidation sites excluding steroid dienone is 4. The van der Waals surface area contributed by atoms with Crippen LogP contribution in [0.3, 0.4) is 0 Å². The van der Waals surface area contributed by atoms with Gasteiger partial charge in [0.2, 0.25) is 0 Å². The summed E-state index contributed by atoms with van der Waals surface area (Å²) in [7, 11) is 0. The van der Waals surface area contributed by atoms with Gasteiger partial charge in [-0.1, -0.05) is 88.2 Å². The van der Waals surface area contributed by atoms with Gasteiger partial charge in [-0.25, -0.2) is 0 Å². The topological polar surface area (TPSA) is 0 Å². The van der Waals surface area contributed by atoms with Crippen LogP contribution in [-0.2, 0) is 0 Å². The van der Waals surface area contributed by atoms with Gasteiger partial charge in [0.15, 0.2) is 0 Å². The molecule has 0 saturated heterocycles. The first-order valence-electron chi connectivity index (χ1n) is 13.9. The van der Waals surface area contributed by atoms with Crippen molar-refractivity contribution in [2.75, 3.05) is 0 Å². The first kappa shape index (κ1) is 20.4. The quantitative estimate of drug-likeness (QED) is 0.445. The highest BCUT2D eigenvalue weighted by molar-refractivity contribution is 5.52. The van der Waals surface area contributed by atoms with E-state index in [-0.39, 0.29) is 0 Å². The van der Waals surface area contributed by atoms with Gasteiger partial charge in [-0.15, -0.1) is 0 Å². The van der Waals surface area contributed by atoms with E-state index in [2.05, 4.69) is 0 Å². The molecule has 0 atom stereocenters. The summed E-state index contributed by atoms with van der Waals surface area (Å²) in [5, 5.41) is 0. The highest BCUT2D eigenvalue weighted by Crippen LogP contribution is 2.54. The lowest BCUT2D eigenvalue weighted by Gasteiger charge is -2.34. The van der Waals surface area contributed by atoms with Gasteiger partial charge in [0, 0.05) is 0 Å². The predicted molar refractivity (Wildman–Crippen MR) is 125 cm³/mol. The van der Waals surface area contributed by atoms with Crippen LogP contribution in [0.4, 0.5) is 0 Å². The van der Waals surface area contributed by atoms with Crippen LogP contribution in [0.5, 0.6) is 0 Å². The molecule has 5 rings (SSSR count).